The molecule has 0 spiro atoms. The molecule has 0 amide bonds. The second-order valence-electron chi connectivity index (χ2n) is 5.69. The van der Waals surface area contributed by atoms with Crippen LogP contribution in [-0.2, 0) is 6.42 Å². The van der Waals surface area contributed by atoms with Crippen molar-refractivity contribution in [2.75, 3.05) is 0 Å². The van der Waals surface area contributed by atoms with Crippen LogP contribution in [0.2, 0.25) is 0 Å². The van der Waals surface area contributed by atoms with Crippen LogP contribution in [0.3, 0.4) is 0 Å². The Kier molecular flexibility index (Phi) is 4.95. The summed E-state index contributed by atoms with van der Waals surface area (Å²) in [6, 6.07) is 11.8. The van der Waals surface area contributed by atoms with Crippen LogP contribution in [0.4, 0.5) is 5.69 Å². The topological polar surface area (TPSA) is 83.6 Å². The highest BCUT2D eigenvalue weighted by molar-refractivity contribution is 6.58. The minimum absolute atomic E-state index is 0.123. The minimum Gasteiger partial charge on any atom is -0.423 e. The van der Waals surface area contributed by atoms with Crippen molar-refractivity contribution < 1.29 is 15.0 Å². The summed E-state index contributed by atoms with van der Waals surface area (Å²) >= 11 is 0. The molecule has 0 bridgehead atoms. The molecule has 0 aliphatic rings. The van der Waals surface area contributed by atoms with Crippen LogP contribution < -0.4 is 5.46 Å². The number of nitrogens with zero attached hydrogens (tertiary/aromatic N) is 1. The average molecular weight is 299 g/mol. The van der Waals surface area contributed by atoms with Crippen molar-refractivity contribution in [1.82, 2.24) is 0 Å². The first kappa shape index (κ1) is 16.2. The van der Waals surface area contributed by atoms with Gasteiger partial charge in [0.1, 0.15) is 0 Å². The Morgan fingerprint density at radius 1 is 1.09 bits per heavy atom. The van der Waals surface area contributed by atoms with Gasteiger partial charge in [-0.2, -0.15) is 0 Å². The predicted octanol–water partition coefficient (Wildman–Crippen LogP) is 2.14. The van der Waals surface area contributed by atoms with E-state index in [2.05, 4.69) is 0 Å². The Bertz CT molecular complexity index is 668. The van der Waals surface area contributed by atoms with Crippen molar-refractivity contribution in [1.29, 1.82) is 0 Å². The third kappa shape index (κ3) is 3.72. The summed E-state index contributed by atoms with van der Waals surface area (Å²) in [6.45, 7) is 4.05. The molecule has 0 heterocycles. The van der Waals surface area contributed by atoms with Crippen molar-refractivity contribution in [3.63, 3.8) is 0 Å². The molecule has 2 aromatic rings. The Morgan fingerprint density at radius 2 is 1.68 bits per heavy atom. The van der Waals surface area contributed by atoms with Gasteiger partial charge in [0, 0.05) is 11.6 Å². The van der Waals surface area contributed by atoms with Crippen LogP contribution in [0.1, 0.15) is 19.4 Å². The summed E-state index contributed by atoms with van der Waals surface area (Å²) in [4.78, 5) is 10.9. The molecule has 22 heavy (non-hydrogen) atoms. The van der Waals surface area contributed by atoms with Crippen LogP contribution in [-0.4, -0.2) is 22.1 Å². The Morgan fingerprint density at radius 3 is 2.18 bits per heavy atom. The number of hydrogen-bond donors (Lipinski definition) is 2. The molecular weight excluding hydrogens is 281 g/mol. The molecular formula is C16H18BNO4. The largest absolute Gasteiger partial charge is 0.488 e. The highest BCUT2D eigenvalue weighted by Gasteiger charge is 2.16. The van der Waals surface area contributed by atoms with E-state index < -0.39 is 7.12 Å². The van der Waals surface area contributed by atoms with Crippen LogP contribution in [0, 0.1) is 16.0 Å². The lowest BCUT2D eigenvalue weighted by Crippen LogP contribution is -2.29. The molecule has 0 fully saturated rings. The fraction of sp³-hybridized carbons (Fsp3) is 0.250. The number of nitro benzene ring substituents is 1. The van der Waals surface area contributed by atoms with Crippen molar-refractivity contribution in [2.45, 2.75) is 20.3 Å². The highest BCUT2D eigenvalue weighted by atomic mass is 16.6. The fourth-order valence-corrected chi connectivity index (χ4v) is 2.37. The van der Waals surface area contributed by atoms with E-state index in [1.165, 1.54) is 0 Å². The van der Waals surface area contributed by atoms with Gasteiger partial charge in [-0.05, 0) is 28.9 Å². The van der Waals surface area contributed by atoms with Crippen molar-refractivity contribution >= 4 is 18.3 Å². The quantitative estimate of drug-likeness (QED) is 0.503. The van der Waals surface area contributed by atoms with Crippen molar-refractivity contribution in [3.8, 4) is 11.1 Å². The molecule has 114 valence electrons. The predicted molar refractivity (Wildman–Crippen MR) is 86.9 cm³/mol. The monoisotopic (exact) mass is 299 g/mol. The first-order valence-electron chi connectivity index (χ1n) is 7.12. The molecule has 0 radical (unpaired) electrons. The van der Waals surface area contributed by atoms with E-state index in [9.17, 15) is 10.1 Å². The van der Waals surface area contributed by atoms with E-state index in [1.54, 1.807) is 36.4 Å². The molecule has 0 atom stereocenters. The molecule has 0 unspecified atom stereocenters. The Labute approximate surface area is 129 Å². The van der Waals surface area contributed by atoms with Gasteiger partial charge >= 0.3 is 7.12 Å². The van der Waals surface area contributed by atoms with Gasteiger partial charge in [0.05, 0.1) is 4.92 Å². The van der Waals surface area contributed by atoms with Gasteiger partial charge in [0.2, 0.25) is 0 Å². The van der Waals surface area contributed by atoms with E-state index in [4.69, 9.17) is 10.0 Å². The zero-order valence-electron chi connectivity index (χ0n) is 12.6. The molecule has 2 N–H and O–H groups in total. The third-order valence-corrected chi connectivity index (χ3v) is 3.45. The average Bonchev–Trinajstić information content (AvgIpc) is 2.47. The lowest BCUT2D eigenvalue weighted by molar-refractivity contribution is -0.385. The SMILES string of the molecule is CC(C)Cc1ccc(-c2ccc(B(O)O)cc2)cc1[N+](=O)[O-]. The second kappa shape index (κ2) is 6.72. The lowest BCUT2D eigenvalue weighted by atomic mass is 9.80. The molecule has 2 aromatic carbocycles. The zero-order chi connectivity index (χ0) is 16.3. The van der Waals surface area contributed by atoms with Gasteiger partial charge in [0.15, 0.2) is 0 Å². The molecule has 5 nitrogen and oxygen atoms in total. The van der Waals surface area contributed by atoms with Crippen LogP contribution in [0.5, 0.6) is 0 Å². The first-order chi connectivity index (χ1) is 10.4. The van der Waals surface area contributed by atoms with Crippen molar-refractivity contribution in [3.05, 3.63) is 58.1 Å². The second-order valence-corrected chi connectivity index (χ2v) is 5.69. The normalized spacial score (nSPS) is 10.8. The summed E-state index contributed by atoms with van der Waals surface area (Å²) < 4.78 is 0. The van der Waals surface area contributed by atoms with Crippen LogP contribution in [0.25, 0.3) is 11.1 Å². The van der Waals surface area contributed by atoms with Gasteiger partial charge in [-0.15, -0.1) is 0 Å². The summed E-state index contributed by atoms with van der Waals surface area (Å²) in [6.07, 6.45) is 0.659. The number of hydrogen-bond acceptors (Lipinski definition) is 4. The summed E-state index contributed by atoms with van der Waals surface area (Å²) in [5, 5.41) is 29.4. The van der Waals surface area contributed by atoms with E-state index in [-0.39, 0.29) is 10.6 Å². The van der Waals surface area contributed by atoms with E-state index in [0.717, 1.165) is 16.7 Å². The standard InChI is InChI=1S/C16H18BNO4/c1-11(2)9-14-4-3-13(10-16(14)18(21)22)12-5-7-15(8-6-12)17(19)20/h3-8,10-11,19-20H,9H2,1-2H3. The van der Waals surface area contributed by atoms with E-state index >= 15 is 0 Å². The summed E-state index contributed by atoms with van der Waals surface area (Å²) in [5.41, 5.74) is 2.76. The van der Waals surface area contributed by atoms with Gasteiger partial charge in [-0.3, -0.25) is 10.1 Å². The Balaban J connectivity index is 2.39. The third-order valence-electron chi connectivity index (χ3n) is 3.45. The molecule has 0 aliphatic carbocycles. The summed E-state index contributed by atoms with van der Waals surface area (Å²) in [7, 11) is -1.52. The zero-order valence-corrected chi connectivity index (χ0v) is 12.6. The maximum absolute atomic E-state index is 11.3. The smallest absolute Gasteiger partial charge is 0.423 e. The molecule has 2 rings (SSSR count). The Hall–Kier alpha value is -2.18. The number of nitro groups is 1. The van der Waals surface area contributed by atoms with Crippen LogP contribution in [0.15, 0.2) is 42.5 Å². The molecule has 0 aromatic heterocycles. The van der Waals surface area contributed by atoms with Gasteiger partial charge in [0.25, 0.3) is 5.69 Å². The summed E-state index contributed by atoms with van der Waals surface area (Å²) in [5.74, 6) is 0.342. The van der Waals surface area contributed by atoms with Crippen LogP contribution >= 0.6 is 0 Å². The minimum atomic E-state index is -1.52. The molecule has 6 heteroatoms. The molecule has 0 saturated carbocycles. The van der Waals surface area contributed by atoms with E-state index in [0.29, 0.717) is 17.8 Å². The maximum Gasteiger partial charge on any atom is 0.488 e. The number of benzene rings is 2. The van der Waals surface area contributed by atoms with E-state index in [1.807, 2.05) is 19.9 Å². The van der Waals surface area contributed by atoms with Gasteiger partial charge in [-0.25, -0.2) is 0 Å². The lowest BCUT2D eigenvalue weighted by Gasteiger charge is -2.09. The van der Waals surface area contributed by atoms with Gasteiger partial charge < -0.3 is 10.0 Å². The van der Waals surface area contributed by atoms with Crippen molar-refractivity contribution in [2.24, 2.45) is 5.92 Å². The molecule has 0 saturated heterocycles. The highest BCUT2D eigenvalue weighted by Crippen LogP contribution is 2.28. The fourth-order valence-electron chi connectivity index (χ4n) is 2.37. The maximum atomic E-state index is 11.3. The number of rotatable bonds is 5. The van der Waals surface area contributed by atoms with Gasteiger partial charge in [-0.1, -0.05) is 50.2 Å². The first-order valence-corrected chi connectivity index (χ1v) is 7.12. The molecule has 0 aliphatic heterocycles.